The second-order valence-electron chi connectivity index (χ2n) is 5.17. The van der Waals surface area contributed by atoms with Gasteiger partial charge in [0.2, 0.25) is 0 Å². The van der Waals surface area contributed by atoms with Gasteiger partial charge in [0.1, 0.15) is 17.5 Å². The van der Waals surface area contributed by atoms with Crippen LogP contribution in [0.25, 0.3) is 0 Å². The molecule has 1 unspecified atom stereocenters. The maximum Gasteiger partial charge on any atom is 0.134 e. The topological polar surface area (TPSA) is 62.7 Å². The van der Waals surface area contributed by atoms with Crippen molar-refractivity contribution in [3.8, 4) is 0 Å². The van der Waals surface area contributed by atoms with Gasteiger partial charge in [-0.25, -0.2) is 15.0 Å². The van der Waals surface area contributed by atoms with Gasteiger partial charge >= 0.3 is 0 Å². The molecule has 2 heterocycles. The third-order valence-corrected chi connectivity index (χ3v) is 4.26. The van der Waals surface area contributed by atoms with Crippen LogP contribution in [0.5, 0.6) is 0 Å². The fourth-order valence-electron chi connectivity index (χ4n) is 2.03. The first kappa shape index (κ1) is 15.7. The van der Waals surface area contributed by atoms with Crippen molar-refractivity contribution >= 4 is 23.0 Å². The number of nitrogens with one attached hydrogen (secondary N) is 2. The molecule has 2 rings (SSSR count). The summed E-state index contributed by atoms with van der Waals surface area (Å²) < 4.78 is 0. The summed E-state index contributed by atoms with van der Waals surface area (Å²) in [5.74, 6) is 2.98. The highest BCUT2D eigenvalue weighted by Crippen LogP contribution is 2.22. The molecule has 0 aliphatic rings. The van der Waals surface area contributed by atoms with E-state index in [1.165, 1.54) is 0 Å². The lowest BCUT2D eigenvalue weighted by molar-refractivity contribution is 0.789. The number of hydrogen-bond donors (Lipinski definition) is 2. The molecule has 0 radical (unpaired) electrons. The lowest BCUT2D eigenvalue weighted by Crippen LogP contribution is -2.14. The van der Waals surface area contributed by atoms with Crippen molar-refractivity contribution in [1.29, 1.82) is 0 Å². The minimum absolute atomic E-state index is 0.367. The summed E-state index contributed by atoms with van der Waals surface area (Å²) in [5.41, 5.74) is 1.07. The summed E-state index contributed by atoms with van der Waals surface area (Å²) in [6.45, 7) is 10.0. The maximum absolute atomic E-state index is 4.52. The molecule has 5 nitrogen and oxygen atoms in total. The predicted molar refractivity (Wildman–Crippen MR) is 89.3 cm³/mol. The van der Waals surface area contributed by atoms with Crippen LogP contribution in [0.15, 0.2) is 11.6 Å². The number of nitrogens with zero attached hydrogens (tertiary/aromatic N) is 3. The van der Waals surface area contributed by atoms with Gasteiger partial charge in [0.25, 0.3) is 0 Å². The van der Waals surface area contributed by atoms with Gasteiger partial charge in [-0.3, -0.25) is 0 Å². The van der Waals surface area contributed by atoms with Gasteiger partial charge in [0.15, 0.2) is 0 Å². The van der Waals surface area contributed by atoms with Crippen molar-refractivity contribution in [1.82, 2.24) is 15.0 Å². The van der Waals surface area contributed by atoms with Crippen molar-refractivity contribution in [2.45, 2.75) is 40.0 Å². The lowest BCUT2D eigenvalue weighted by atomic mass is 10.2. The molecular formula is C15H23N5S. The Bertz CT molecular complexity index is 568. The third-order valence-electron chi connectivity index (χ3n) is 3.25. The number of aryl methyl sites for hydroxylation is 1. The second-order valence-corrected chi connectivity index (χ2v) is 6.10. The number of hydrogen-bond acceptors (Lipinski definition) is 6. The molecule has 0 spiro atoms. The van der Waals surface area contributed by atoms with Crippen molar-refractivity contribution < 1.29 is 0 Å². The zero-order valence-electron chi connectivity index (χ0n) is 13.1. The van der Waals surface area contributed by atoms with Gasteiger partial charge in [-0.2, -0.15) is 0 Å². The zero-order valence-corrected chi connectivity index (χ0v) is 13.9. The van der Waals surface area contributed by atoms with Gasteiger partial charge in [-0.1, -0.05) is 13.8 Å². The monoisotopic (exact) mass is 305 g/mol. The summed E-state index contributed by atoms with van der Waals surface area (Å²) >= 11 is 1.69. The molecule has 114 valence electrons. The molecule has 6 heteroatoms. The van der Waals surface area contributed by atoms with E-state index in [0.29, 0.717) is 5.92 Å². The average molecular weight is 305 g/mol. The summed E-state index contributed by atoms with van der Waals surface area (Å²) in [6, 6.07) is 0. The maximum atomic E-state index is 4.52. The fraction of sp³-hybridized carbons (Fsp3) is 0.533. The molecule has 0 saturated carbocycles. The third kappa shape index (κ3) is 4.14. The van der Waals surface area contributed by atoms with Crippen LogP contribution < -0.4 is 10.6 Å². The van der Waals surface area contributed by atoms with E-state index in [9.17, 15) is 0 Å². The van der Waals surface area contributed by atoms with Crippen molar-refractivity contribution in [2.75, 3.05) is 23.7 Å². The Kier molecular flexibility index (Phi) is 5.50. The molecule has 0 aliphatic heterocycles. The molecule has 0 bridgehead atoms. The lowest BCUT2D eigenvalue weighted by Gasteiger charge is -2.15. The van der Waals surface area contributed by atoms with Gasteiger partial charge in [0, 0.05) is 36.1 Å². The van der Waals surface area contributed by atoms with E-state index in [1.807, 2.05) is 25.4 Å². The molecule has 2 N–H and O–H groups in total. The molecule has 21 heavy (non-hydrogen) atoms. The van der Waals surface area contributed by atoms with Crippen LogP contribution in [0.2, 0.25) is 0 Å². The summed E-state index contributed by atoms with van der Waals surface area (Å²) in [6.07, 6.45) is 2.93. The Morgan fingerprint density at radius 3 is 2.52 bits per heavy atom. The highest BCUT2D eigenvalue weighted by atomic mass is 32.1. The standard InChI is InChI=1S/C15H23N5S/c1-5-6-16-13-11(3)14(20-12(4)19-13)18-9-10(2)15-17-7-8-21-15/h7-8,10H,5-6,9H2,1-4H3,(H2,16,18,19,20). The van der Waals surface area contributed by atoms with E-state index in [4.69, 9.17) is 0 Å². The van der Waals surface area contributed by atoms with E-state index in [2.05, 4.69) is 39.4 Å². The van der Waals surface area contributed by atoms with Crippen molar-refractivity contribution in [2.24, 2.45) is 0 Å². The van der Waals surface area contributed by atoms with Crippen LogP contribution in [0.1, 0.15) is 42.6 Å². The SMILES string of the molecule is CCCNc1nc(C)nc(NCC(C)c2nccs2)c1C. The first-order valence-electron chi connectivity index (χ1n) is 7.34. The minimum atomic E-state index is 0.367. The van der Waals surface area contributed by atoms with E-state index in [1.54, 1.807) is 11.3 Å². The highest BCUT2D eigenvalue weighted by molar-refractivity contribution is 7.09. The summed E-state index contributed by atoms with van der Waals surface area (Å²) in [4.78, 5) is 13.4. The number of rotatable bonds is 7. The Balaban J connectivity index is 2.07. The average Bonchev–Trinajstić information content (AvgIpc) is 3.00. The van der Waals surface area contributed by atoms with Crippen LogP contribution in [0.3, 0.4) is 0 Å². The summed E-state index contributed by atoms with van der Waals surface area (Å²) in [5, 5.41) is 9.95. The number of aromatic nitrogens is 3. The largest absolute Gasteiger partial charge is 0.370 e. The molecule has 1 atom stereocenters. The normalized spacial score (nSPS) is 12.2. The van der Waals surface area contributed by atoms with E-state index >= 15 is 0 Å². The first-order valence-corrected chi connectivity index (χ1v) is 8.22. The van der Waals surface area contributed by atoms with Crippen LogP contribution in [0, 0.1) is 13.8 Å². The first-order chi connectivity index (χ1) is 10.1. The number of anilines is 2. The molecular weight excluding hydrogens is 282 g/mol. The second kappa shape index (κ2) is 7.36. The van der Waals surface area contributed by atoms with Crippen LogP contribution >= 0.6 is 11.3 Å². The Hall–Kier alpha value is -1.69. The molecule has 0 amide bonds. The Morgan fingerprint density at radius 2 is 1.90 bits per heavy atom. The minimum Gasteiger partial charge on any atom is -0.370 e. The predicted octanol–water partition coefficient (Wildman–Crippen LogP) is 3.59. The van der Waals surface area contributed by atoms with Gasteiger partial charge in [-0.05, 0) is 20.3 Å². The van der Waals surface area contributed by atoms with Crippen molar-refractivity contribution in [3.05, 3.63) is 28.0 Å². The van der Waals surface area contributed by atoms with Crippen molar-refractivity contribution in [3.63, 3.8) is 0 Å². The smallest absolute Gasteiger partial charge is 0.134 e. The Morgan fingerprint density at radius 1 is 1.19 bits per heavy atom. The highest BCUT2D eigenvalue weighted by Gasteiger charge is 2.12. The molecule has 2 aromatic rings. The molecule has 0 aromatic carbocycles. The van der Waals surface area contributed by atoms with Crippen LogP contribution in [0.4, 0.5) is 11.6 Å². The number of thiazole rings is 1. The summed E-state index contributed by atoms with van der Waals surface area (Å²) in [7, 11) is 0. The zero-order chi connectivity index (χ0) is 15.2. The molecule has 2 aromatic heterocycles. The van der Waals surface area contributed by atoms with Gasteiger partial charge in [-0.15, -0.1) is 11.3 Å². The van der Waals surface area contributed by atoms with Gasteiger partial charge < -0.3 is 10.6 Å². The fourth-order valence-corrected chi connectivity index (χ4v) is 2.73. The van der Waals surface area contributed by atoms with Gasteiger partial charge in [0.05, 0.1) is 5.01 Å². The molecule has 0 aliphatic carbocycles. The Labute approximate surface area is 130 Å². The van der Waals surface area contributed by atoms with E-state index in [-0.39, 0.29) is 0 Å². The van der Waals surface area contributed by atoms with E-state index < -0.39 is 0 Å². The van der Waals surface area contributed by atoms with Crippen LogP contribution in [-0.4, -0.2) is 28.0 Å². The van der Waals surface area contributed by atoms with E-state index in [0.717, 1.165) is 47.5 Å². The molecule has 0 fully saturated rings. The molecule has 0 saturated heterocycles. The van der Waals surface area contributed by atoms with Crippen LogP contribution in [-0.2, 0) is 0 Å². The quantitative estimate of drug-likeness (QED) is 0.818.